The van der Waals surface area contributed by atoms with E-state index in [-0.39, 0.29) is 16.5 Å². The van der Waals surface area contributed by atoms with Gasteiger partial charge in [0.1, 0.15) is 5.82 Å². The Hall–Kier alpha value is -2.45. The molecule has 2 aromatic rings. The number of hydrogen-bond donors (Lipinski definition) is 1. The molecule has 2 aromatic carbocycles. The topological polar surface area (TPSA) is 69.7 Å². The summed E-state index contributed by atoms with van der Waals surface area (Å²) in [5.41, 5.74) is 0.340. The first-order valence-corrected chi connectivity index (χ1v) is 11.8. The van der Waals surface area contributed by atoms with Crippen LogP contribution in [0.25, 0.3) is 0 Å². The van der Waals surface area contributed by atoms with Crippen molar-refractivity contribution in [1.29, 1.82) is 0 Å². The van der Waals surface area contributed by atoms with Crippen LogP contribution in [0, 0.1) is 5.82 Å². The molecule has 8 heteroatoms. The number of piperazine rings is 1. The number of carbonyl (C=O) groups is 1. The number of anilines is 1. The van der Waals surface area contributed by atoms with Crippen LogP contribution < -0.4 is 4.72 Å². The van der Waals surface area contributed by atoms with Crippen LogP contribution in [-0.2, 0) is 10.0 Å². The summed E-state index contributed by atoms with van der Waals surface area (Å²) in [5.74, 6) is -0.739. The van der Waals surface area contributed by atoms with Crippen molar-refractivity contribution in [1.82, 2.24) is 9.80 Å². The Morgan fingerprint density at radius 3 is 2.20 bits per heavy atom. The summed E-state index contributed by atoms with van der Waals surface area (Å²) in [6, 6.07) is 12.0. The van der Waals surface area contributed by atoms with E-state index in [1.165, 1.54) is 68.1 Å². The molecule has 1 N–H and O–H groups in total. The molecule has 1 saturated heterocycles. The SMILES string of the molecule is O=C(c1ccc(S(=O)(=O)Nc2ccccc2F)cc1)N1CCN(C2CCCC2)CC1. The minimum absolute atomic E-state index is 0.0200. The molecule has 0 radical (unpaired) electrons. The highest BCUT2D eigenvalue weighted by Crippen LogP contribution is 2.25. The summed E-state index contributed by atoms with van der Waals surface area (Å²) in [4.78, 5) is 17.1. The van der Waals surface area contributed by atoms with Gasteiger partial charge in [0.05, 0.1) is 10.6 Å². The van der Waals surface area contributed by atoms with Gasteiger partial charge in [-0.05, 0) is 49.2 Å². The summed E-state index contributed by atoms with van der Waals surface area (Å²) in [5, 5.41) is 0. The molecule has 0 atom stereocenters. The zero-order valence-corrected chi connectivity index (χ0v) is 17.6. The van der Waals surface area contributed by atoms with E-state index in [0.29, 0.717) is 24.7 Å². The van der Waals surface area contributed by atoms with Gasteiger partial charge in [-0.2, -0.15) is 0 Å². The number of halogens is 1. The van der Waals surface area contributed by atoms with Crippen molar-refractivity contribution >= 4 is 21.6 Å². The van der Waals surface area contributed by atoms with E-state index in [2.05, 4.69) is 9.62 Å². The molecule has 2 fully saturated rings. The molecule has 160 valence electrons. The number of hydrogen-bond acceptors (Lipinski definition) is 4. The second-order valence-electron chi connectivity index (χ2n) is 7.88. The first kappa shape index (κ1) is 20.8. The molecule has 1 heterocycles. The predicted octanol–water partition coefficient (Wildman–Crippen LogP) is 3.33. The van der Waals surface area contributed by atoms with Crippen LogP contribution in [0.1, 0.15) is 36.0 Å². The third-order valence-electron chi connectivity index (χ3n) is 5.97. The molecule has 0 aromatic heterocycles. The molecule has 0 unspecified atom stereocenters. The quantitative estimate of drug-likeness (QED) is 0.789. The molecule has 1 saturated carbocycles. The highest BCUT2D eigenvalue weighted by atomic mass is 32.2. The fourth-order valence-corrected chi connectivity index (χ4v) is 5.33. The van der Waals surface area contributed by atoms with E-state index in [0.717, 1.165) is 13.1 Å². The second kappa shape index (κ2) is 8.73. The fraction of sp³-hybridized carbons (Fsp3) is 0.409. The molecule has 30 heavy (non-hydrogen) atoms. The first-order chi connectivity index (χ1) is 14.4. The highest BCUT2D eigenvalue weighted by molar-refractivity contribution is 7.92. The lowest BCUT2D eigenvalue weighted by Crippen LogP contribution is -2.51. The predicted molar refractivity (Wildman–Crippen MR) is 113 cm³/mol. The Morgan fingerprint density at radius 2 is 1.57 bits per heavy atom. The Morgan fingerprint density at radius 1 is 0.933 bits per heavy atom. The van der Waals surface area contributed by atoms with E-state index in [4.69, 9.17) is 0 Å². The van der Waals surface area contributed by atoms with Gasteiger partial charge >= 0.3 is 0 Å². The average molecular weight is 432 g/mol. The van der Waals surface area contributed by atoms with Crippen LogP contribution in [0.3, 0.4) is 0 Å². The molecule has 1 aliphatic heterocycles. The normalized spacial score (nSPS) is 18.5. The number of nitrogens with one attached hydrogen (secondary N) is 1. The van der Waals surface area contributed by atoms with Crippen molar-refractivity contribution in [3.8, 4) is 0 Å². The summed E-state index contributed by atoms with van der Waals surface area (Å²) < 4.78 is 41.0. The van der Waals surface area contributed by atoms with Crippen molar-refractivity contribution in [2.45, 2.75) is 36.6 Å². The number of carbonyl (C=O) groups excluding carboxylic acids is 1. The molecule has 2 aliphatic rings. The van der Waals surface area contributed by atoms with Gasteiger partial charge in [0.15, 0.2) is 0 Å². The standard InChI is InChI=1S/C22H26FN3O3S/c23-20-7-3-4-8-21(20)24-30(28,29)19-11-9-17(10-12-19)22(27)26-15-13-25(14-16-26)18-5-1-2-6-18/h3-4,7-12,18,24H,1-2,5-6,13-16H2. The van der Waals surface area contributed by atoms with E-state index in [1.807, 2.05) is 4.90 Å². The number of sulfonamides is 1. The number of nitrogens with zero attached hydrogens (tertiary/aromatic N) is 2. The molecular weight excluding hydrogens is 405 g/mol. The summed E-state index contributed by atoms with van der Waals surface area (Å²) in [6.45, 7) is 3.14. The maximum atomic E-state index is 13.8. The minimum atomic E-state index is -3.94. The summed E-state index contributed by atoms with van der Waals surface area (Å²) >= 11 is 0. The Kier molecular flexibility index (Phi) is 6.06. The average Bonchev–Trinajstić information content (AvgIpc) is 3.30. The van der Waals surface area contributed by atoms with E-state index >= 15 is 0 Å². The number of benzene rings is 2. The lowest BCUT2D eigenvalue weighted by Gasteiger charge is -2.38. The Labute approximate surface area is 176 Å². The van der Waals surface area contributed by atoms with Gasteiger partial charge in [-0.3, -0.25) is 14.4 Å². The molecule has 6 nitrogen and oxygen atoms in total. The van der Waals surface area contributed by atoms with Crippen LogP contribution in [0.4, 0.5) is 10.1 Å². The zero-order chi connectivity index (χ0) is 21.1. The van der Waals surface area contributed by atoms with Crippen molar-refractivity contribution in [3.63, 3.8) is 0 Å². The van der Waals surface area contributed by atoms with Gasteiger partial charge in [-0.15, -0.1) is 0 Å². The van der Waals surface area contributed by atoms with Crippen molar-refractivity contribution < 1.29 is 17.6 Å². The fourth-order valence-electron chi connectivity index (χ4n) is 4.27. The molecule has 1 aliphatic carbocycles. The third kappa shape index (κ3) is 4.49. The maximum absolute atomic E-state index is 13.8. The summed E-state index contributed by atoms with van der Waals surface area (Å²) in [7, 11) is -3.94. The van der Waals surface area contributed by atoms with Crippen LogP contribution in [0.2, 0.25) is 0 Å². The highest BCUT2D eigenvalue weighted by Gasteiger charge is 2.28. The van der Waals surface area contributed by atoms with Crippen molar-refractivity contribution in [2.24, 2.45) is 0 Å². The van der Waals surface area contributed by atoms with E-state index in [1.54, 1.807) is 6.07 Å². The van der Waals surface area contributed by atoms with Gasteiger partial charge in [-0.25, -0.2) is 12.8 Å². The second-order valence-corrected chi connectivity index (χ2v) is 9.56. The zero-order valence-electron chi connectivity index (χ0n) is 16.8. The molecule has 1 amide bonds. The number of amides is 1. The smallest absolute Gasteiger partial charge is 0.261 e. The molecular formula is C22H26FN3O3S. The Balaban J connectivity index is 1.39. The maximum Gasteiger partial charge on any atom is 0.261 e. The van der Waals surface area contributed by atoms with Gasteiger partial charge < -0.3 is 4.90 Å². The monoisotopic (exact) mass is 431 g/mol. The summed E-state index contributed by atoms with van der Waals surface area (Å²) in [6.07, 6.45) is 5.10. The van der Waals surface area contributed by atoms with Crippen molar-refractivity contribution in [2.75, 3.05) is 30.9 Å². The van der Waals surface area contributed by atoms with Crippen LogP contribution in [0.5, 0.6) is 0 Å². The lowest BCUT2D eigenvalue weighted by molar-refractivity contribution is 0.0573. The number of para-hydroxylation sites is 1. The first-order valence-electron chi connectivity index (χ1n) is 10.3. The van der Waals surface area contributed by atoms with Gasteiger partial charge in [0.2, 0.25) is 0 Å². The molecule has 0 bridgehead atoms. The van der Waals surface area contributed by atoms with Crippen molar-refractivity contribution in [3.05, 3.63) is 59.9 Å². The van der Waals surface area contributed by atoms with E-state index in [9.17, 15) is 17.6 Å². The number of rotatable bonds is 5. The van der Waals surface area contributed by atoms with E-state index < -0.39 is 15.8 Å². The van der Waals surface area contributed by atoms with Gasteiger partial charge in [0.25, 0.3) is 15.9 Å². The third-order valence-corrected chi connectivity index (χ3v) is 7.35. The van der Waals surface area contributed by atoms with Crippen LogP contribution >= 0.6 is 0 Å². The van der Waals surface area contributed by atoms with Crippen LogP contribution in [0.15, 0.2) is 53.4 Å². The molecule has 4 rings (SSSR count). The Bertz CT molecular complexity index is 997. The molecule has 0 spiro atoms. The van der Waals surface area contributed by atoms with Gasteiger partial charge in [0, 0.05) is 37.8 Å². The minimum Gasteiger partial charge on any atom is -0.336 e. The van der Waals surface area contributed by atoms with Gasteiger partial charge in [-0.1, -0.05) is 25.0 Å². The lowest BCUT2D eigenvalue weighted by atomic mass is 10.1. The van der Waals surface area contributed by atoms with Crippen LogP contribution in [-0.4, -0.2) is 56.3 Å². The largest absolute Gasteiger partial charge is 0.336 e.